The number of nitriles is 2. The number of hydrogen-bond donors (Lipinski definition) is 3. The van der Waals surface area contributed by atoms with Gasteiger partial charge in [0.2, 0.25) is 11.0 Å². The number of aryl methyl sites for hydroxylation is 2. The van der Waals surface area contributed by atoms with Gasteiger partial charge in [-0.25, -0.2) is 13.4 Å². The Morgan fingerprint density at radius 3 is 2.28 bits per heavy atom. The Balaban J connectivity index is 1.48. The van der Waals surface area contributed by atoms with E-state index in [1.54, 1.807) is 19.1 Å². The van der Waals surface area contributed by atoms with Gasteiger partial charge in [-0.1, -0.05) is 52.9 Å². The van der Waals surface area contributed by atoms with E-state index in [0.717, 1.165) is 28.7 Å². The average Bonchev–Trinajstić information content (AvgIpc) is 3.31. The molecule has 0 aliphatic rings. The molecule has 1 amide bonds. The van der Waals surface area contributed by atoms with Gasteiger partial charge in [-0.3, -0.25) is 9.52 Å². The maximum Gasteiger partial charge on any atom is 0.263 e. The number of rotatable bonds is 8. The molecule has 196 valence electrons. The number of pyridine rings is 1. The van der Waals surface area contributed by atoms with E-state index in [-0.39, 0.29) is 37.8 Å². The number of nitrogens with zero attached hydrogens (tertiary/aromatic N) is 5. The molecule has 0 saturated heterocycles. The standard InChI is InChI=1S/C25H20N8O3S3/c1-14-3-5-16(6-4-14)22-19(11-26)23(28)30-24(20(22)12-27)37-13-21(34)29-17-7-9-18(10-8-17)39(35,36)33-25-32-31-15(2)38-25/h3-10H,13H2,1-2H3,(H2,28,30)(H,29,34)(H,32,33). The van der Waals surface area contributed by atoms with Crippen LogP contribution >= 0.6 is 23.1 Å². The number of nitrogens with two attached hydrogens (primary N) is 1. The molecule has 0 fully saturated rings. The van der Waals surface area contributed by atoms with Crippen molar-refractivity contribution < 1.29 is 13.2 Å². The molecule has 39 heavy (non-hydrogen) atoms. The maximum absolute atomic E-state index is 12.6. The molecule has 0 atom stereocenters. The minimum atomic E-state index is -3.87. The molecule has 2 aromatic heterocycles. The van der Waals surface area contributed by atoms with Crippen LogP contribution in [0.1, 0.15) is 21.7 Å². The van der Waals surface area contributed by atoms with E-state index in [9.17, 15) is 23.7 Å². The molecule has 0 unspecified atom stereocenters. The molecule has 4 rings (SSSR count). The first kappa shape index (κ1) is 27.5. The van der Waals surface area contributed by atoms with Crippen molar-refractivity contribution in [2.75, 3.05) is 21.5 Å². The largest absolute Gasteiger partial charge is 0.383 e. The van der Waals surface area contributed by atoms with Crippen LogP contribution in [0.2, 0.25) is 0 Å². The highest BCUT2D eigenvalue weighted by molar-refractivity contribution is 8.00. The van der Waals surface area contributed by atoms with Gasteiger partial charge in [0.25, 0.3) is 10.0 Å². The fourth-order valence-electron chi connectivity index (χ4n) is 3.47. The molecular formula is C25H20N8O3S3. The number of anilines is 3. The second-order valence-corrected chi connectivity index (χ2v) is 11.9. The summed E-state index contributed by atoms with van der Waals surface area (Å²) in [6, 6.07) is 17.0. The van der Waals surface area contributed by atoms with E-state index in [1.807, 2.05) is 25.1 Å². The molecule has 0 saturated carbocycles. The summed E-state index contributed by atoms with van der Waals surface area (Å²) in [4.78, 5) is 16.8. The first-order valence-corrected chi connectivity index (χ1v) is 14.5. The molecule has 2 heterocycles. The van der Waals surface area contributed by atoms with E-state index < -0.39 is 15.9 Å². The van der Waals surface area contributed by atoms with Crippen LogP contribution in [0.25, 0.3) is 11.1 Å². The average molecular weight is 577 g/mol. The minimum absolute atomic E-state index is 0.0118. The molecule has 0 bridgehead atoms. The Morgan fingerprint density at radius 2 is 1.69 bits per heavy atom. The maximum atomic E-state index is 12.6. The summed E-state index contributed by atoms with van der Waals surface area (Å²) < 4.78 is 27.5. The Bertz CT molecular complexity index is 1740. The minimum Gasteiger partial charge on any atom is -0.383 e. The zero-order valence-corrected chi connectivity index (χ0v) is 23.0. The highest BCUT2D eigenvalue weighted by Gasteiger charge is 2.21. The summed E-state index contributed by atoms with van der Waals surface area (Å²) in [5.41, 5.74) is 8.67. The number of amides is 1. The van der Waals surface area contributed by atoms with Crippen molar-refractivity contribution in [2.45, 2.75) is 23.8 Å². The van der Waals surface area contributed by atoms with Crippen LogP contribution in [0.5, 0.6) is 0 Å². The molecule has 4 aromatic rings. The van der Waals surface area contributed by atoms with Gasteiger partial charge in [0, 0.05) is 11.3 Å². The number of hydrogen-bond acceptors (Lipinski definition) is 11. The number of thioether (sulfide) groups is 1. The van der Waals surface area contributed by atoms with Crippen molar-refractivity contribution >= 4 is 55.7 Å². The number of nitrogen functional groups attached to an aromatic ring is 1. The summed E-state index contributed by atoms with van der Waals surface area (Å²) in [5.74, 6) is -0.564. The number of aromatic nitrogens is 3. The van der Waals surface area contributed by atoms with E-state index in [2.05, 4.69) is 31.3 Å². The topological polar surface area (TPSA) is 188 Å². The zero-order chi connectivity index (χ0) is 28.2. The Kier molecular flexibility index (Phi) is 8.11. The van der Waals surface area contributed by atoms with Crippen LogP contribution < -0.4 is 15.8 Å². The third-order valence-corrected chi connectivity index (χ3v) is 8.51. The highest BCUT2D eigenvalue weighted by Crippen LogP contribution is 2.35. The fourth-order valence-corrected chi connectivity index (χ4v) is 6.09. The first-order chi connectivity index (χ1) is 18.6. The third kappa shape index (κ3) is 6.32. The predicted octanol–water partition coefficient (Wildman–Crippen LogP) is 4.07. The van der Waals surface area contributed by atoms with Gasteiger partial charge >= 0.3 is 0 Å². The summed E-state index contributed by atoms with van der Waals surface area (Å²) >= 11 is 2.11. The number of benzene rings is 2. The highest BCUT2D eigenvalue weighted by atomic mass is 32.2. The van der Waals surface area contributed by atoms with Crippen LogP contribution in [0.3, 0.4) is 0 Å². The molecule has 14 heteroatoms. The van der Waals surface area contributed by atoms with Gasteiger partial charge in [-0.2, -0.15) is 10.5 Å². The Labute approximate surface area is 232 Å². The van der Waals surface area contributed by atoms with Crippen LogP contribution in [-0.4, -0.2) is 35.3 Å². The van der Waals surface area contributed by atoms with Crippen LogP contribution in [0, 0.1) is 36.5 Å². The van der Waals surface area contributed by atoms with E-state index in [1.165, 1.54) is 24.3 Å². The number of carbonyl (C=O) groups is 1. The smallest absolute Gasteiger partial charge is 0.263 e. The lowest BCUT2D eigenvalue weighted by Crippen LogP contribution is -2.15. The Morgan fingerprint density at radius 1 is 1.03 bits per heavy atom. The molecule has 0 aliphatic carbocycles. The second kappa shape index (κ2) is 11.5. The number of nitrogens with one attached hydrogen (secondary N) is 2. The van der Waals surface area contributed by atoms with E-state index >= 15 is 0 Å². The number of carbonyl (C=O) groups excluding carboxylic acids is 1. The lowest BCUT2D eigenvalue weighted by atomic mass is 9.96. The van der Waals surface area contributed by atoms with E-state index in [4.69, 9.17) is 5.73 Å². The van der Waals surface area contributed by atoms with Crippen LogP contribution in [-0.2, 0) is 14.8 Å². The first-order valence-electron chi connectivity index (χ1n) is 11.2. The monoisotopic (exact) mass is 576 g/mol. The van der Waals surface area contributed by atoms with Crippen molar-refractivity contribution in [1.82, 2.24) is 15.2 Å². The van der Waals surface area contributed by atoms with Crippen molar-refractivity contribution in [2.24, 2.45) is 0 Å². The van der Waals surface area contributed by atoms with Gasteiger partial charge in [-0.15, -0.1) is 10.2 Å². The van der Waals surface area contributed by atoms with Crippen molar-refractivity contribution in [1.29, 1.82) is 10.5 Å². The molecule has 2 aromatic carbocycles. The van der Waals surface area contributed by atoms with Gasteiger partial charge in [0.1, 0.15) is 33.6 Å². The van der Waals surface area contributed by atoms with Crippen LogP contribution in [0.4, 0.5) is 16.6 Å². The lowest BCUT2D eigenvalue weighted by Gasteiger charge is -2.13. The summed E-state index contributed by atoms with van der Waals surface area (Å²) in [7, 11) is -3.87. The van der Waals surface area contributed by atoms with Crippen LogP contribution in [0.15, 0.2) is 58.5 Å². The molecule has 4 N–H and O–H groups in total. The van der Waals surface area contributed by atoms with Gasteiger partial charge in [0.05, 0.1) is 16.2 Å². The normalized spacial score (nSPS) is 10.9. The van der Waals surface area contributed by atoms with Gasteiger partial charge in [-0.05, 0) is 43.7 Å². The van der Waals surface area contributed by atoms with Gasteiger partial charge in [0.15, 0.2) is 0 Å². The van der Waals surface area contributed by atoms with E-state index in [0.29, 0.717) is 21.8 Å². The molecular weight excluding hydrogens is 557 g/mol. The molecule has 0 spiro atoms. The van der Waals surface area contributed by atoms with Crippen molar-refractivity contribution in [3.05, 3.63) is 70.2 Å². The van der Waals surface area contributed by atoms with Crippen molar-refractivity contribution in [3.63, 3.8) is 0 Å². The number of sulfonamides is 1. The quantitative estimate of drug-likeness (QED) is 0.258. The molecule has 0 aliphatic heterocycles. The fraction of sp³-hybridized carbons (Fsp3) is 0.120. The lowest BCUT2D eigenvalue weighted by molar-refractivity contribution is -0.113. The summed E-state index contributed by atoms with van der Waals surface area (Å²) in [6.45, 7) is 3.63. The summed E-state index contributed by atoms with van der Waals surface area (Å²) in [6.07, 6.45) is 0. The molecule has 11 nitrogen and oxygen atoms in total. The Hall–Kier alpha value is -4.50. The summed E-state index contributed by atoms with van der Waals surface area (Å²) in [5, 5.41) is 30.8. The van der Waals surface area contributed by atoms with Gasteiger partial charge < -0.3 is 11.1 Å². The van der Waals surface area contributed by atoms with Crippen molar-refractivity contribution in [3.8, 4) is 23.3 Å². The molecule has 0 radical (unpaired) electrons. The predicted molar refractivity (Wildman–Crippen MR) is 150 cm³/mol. The SMILES string of the molecule is Cc1ccc(-c2c(C#N)c(N)nc(SCC(=O)Nc3ccc(S(=O)(=O)Nc4nnc(C)s4)cc3)c2C#N)cc1. The second-order valence-electron chi connectivity index (χ2n) is 8.11. The zero-order valence-electron chi connectivity index (χ0n) is 20.6. The third-order valence-electron chi connectivity index (χ3n) is 5.29.